The summed E-state index contributed by atoms with van der Waals surface area (Å²) >= 11 is 7.53. The van der Waals surface area contributed by atoms with Crippen LogP contribution in [0.1, 0.15) is 33.6 Å². The van der Waals surface area contributed by atoms with Crippen molar-refractivity contribution in [2.75, 3.05) is 5.43 Å². The minimum atomic E-state index is 0.362. The molecule has 0 unspecified atom stereocenters. The fourth-order valence-corrected chi connectivity index (χ4v) is 5.08. The van der Waals surface area contributed by atoms with E-state index in [9.17, 15) is 0 Å². The van der Waals surface area contributed by atoms with Gasteiger partial charge in [0.1, 0.15) is 0 Å². The number of hydrazone groups is 1. The van der Waals surface area contributed by atoms with Crippen LogP contribution in [-0.2, 0) is 0 Å². The number of nitrogens with zero attached hydrogens (tertiary/aromatic N) is 2. The van der Waals surface area contributed by atoms with E-state index >= 15 is 0 Å². The Morgan fingerprint density at radius 3 is 2.71 bits per heavy atom. The van der Waals surface area contributed by atoms with E-state index in [0.29, 0.717) is 11.3 Å². The second kappa shape index (κ2) is 5.85. The Morgan fingerprint density at radius 2 is 2.04 bits per heavy atom. The van der Waals surface area contributed by atoms with E-state index < -0.39 is 0 Å². The first-order chi connectivity index (χ1) is 11.4. The lowest BCUT2D eigenvalue weighted by Gasteiger charge is -2.36. The molecule has 1 N–H and O–H groups in total. The summed E-state index contributed by atoms with van der Waals surface area (Å²) in [5.74, 6) is 2.20. The third kappa shape index (κ3) is 2.66. The van der Waals surface area contributed by atoms with Crippen molar-refractivity contribution in [3.8, 4) is 11.3 Å². The lowest BCUT2D eigenvalue weighted by Crippen LogP contribution is -2.34. The lowest BCUT2D eigenvalue weighted by molar-refractivity contribution is 0.199. The normalized spacial score (nSPS) is 29.3. The molecular formula is C19H22ClN3S. The fraction of sp³-hybridized carbons (Fsp3) is 0.474. The number of halogens is 1. The van der Waals surface area contributed by atoms with Crippen LogP contribution in [0.4, 0.5) is 5.13 Å². The van der Waals surface area contributed by atoms with Gasteiger partial charge in [0.15, 0.2) is 0 Å². The van der Waals surface area contributed by atoms with E-state index in [1.54, 1.807) is 11.3 Å². The molecule has 5 heteroatoms. The van der Waals surface area contributed by atoms with E-state index in [2.05, 4.69) is 36.6 Å². The summed E-state index contributed by atoms with van der Waals surface area (Å²) in [6.07, 6.45) is 2.43. The zero-order valence-corrected chi connectivity index (χ0v) is 15.8. The Bertz CT molecular complexity index is 778. The maximum Gasteiger partial charge on any atom is 0.203 e. The van der Waals surface area contributed by atoms with Crippen molar-refractivity contribution in [3.05, 3.63) is 34.7 Å². The van der Waals surface area contributed by atoms with Crippen LogP contribution >= 0.6 is 22.9 Å². The number of fused-ring (bicyclic) bond motifs is 2. The van der Waals surface area contributed by atoms with E-state index in [1.807, 2.05) is 24.3 Å². The first kappa shape index (κ1) is 16.1. The highest BCUT2D eigenvalue weighted by Gasteiger charge is 2.53. The Labute approximate surface area is 152 Å². The summed E-state index contributed by atoms with van der Waals surface area (Å²) < 4.78 is 0. The van der Waals surface area contributed by atoms with Crippen molar-refractivity contribution in [1.29, 1.82) is 0 Å². The van der Waals surface area contributed by atoms with Crippen molar-refractivity contribution in [2.45, 2.75) is 33.6 Å². The first-order valence-electron chi connectivity index (χ1n) is 8.49. The molecule has 24 heavy (non-hydrogen) atoms. The summed E-state index contributed by atoms with van der Waals surface area (Å²) in [5, 5.41) is 8.37. The minimum absolute atomic E-state index is 0.362. The molecule has 0 radical (unpaired) electrons. The second-order valence-electron chi connectivity index (χ2n) is 7.62. The Balaban J connectivity index is 1.49. The van der Waals surface area contributed by atoms with Crippen LogP contribution < -0.4 is 5.43 Å². The second-order valence-corrected chi connectivity index (χ2v) is 8.92. The van der Waals surface area contributed by atoms with Gasteiger partial charge >= 0.3 is 0 Å². The molecule has 0 aliphatic heterocycles. The van der Waals surface area contributed by atoms with Gasteiger partial charge in [-0.3, -0.25) is 5.43 Å². The fourth-order valence-electron chi connectivity index (χ4n) is 4.29. The van der Waals surface area contributed by atoms with Crippen LogP contribution in [0.3, 0.4) is 0 Å². The van der Waals surface area contributed by atoms with Gasteiger partial charge in [-0.2, -0.15) is 5.10 Å². The van der Waals surface area contributed by atoms with Gasteiger partial charge in [-0.1, -0.05) is 44.5 Å². The average molecular weight is 360 g/mol. The van der Waals surface area contributed by atoms with Crippen LogP contribution in [0.15, 0.2) is 34.7 Å². The van der Waals surface area contributed by atoms with Crippen molar-refractivity contribution in [3.63, 3.8) is 0 Å². The summed E-state index contributed by atoms with van der Waals surface area (Å²) in [7, 11) is 0. The number of thiazole rings is 1. The lowest BCUT2D eigenvalue weighted by atomic mass is 9.69. The van der Waals surface area contributed by atoms with Gasteiger partial charge in [0.2, 0.25) is 5.13 Å². The maximum atomic E-state index is 5.94. The number of rotatable bonds is 3. The Kier molecular flexibility index (Phi) is 3.92. The van der Waals surface area contributed by atoms with Crippen LogP contribution in [0.25, 0.3) is 11.3 Å². The number of hydrogen-bond acceptors (Lipinski definition) is 4. The van der Waals surface area contributed by atoms with Crippen LogP contribution in [-0.4, -0.2) is 10.7 Å². The van der Waals surface area contributed by atoms with Crippen molar-refractivity contribution in [1.82, 2.24) is 4.98 Å². The third-order valence-corrected chi connectivity index (χ3v) is 7.13. The van der Waals surface area contributed by atoms with Crippen molar-refractivity contribution >= 4 is 33.8 Å². The topological polar surface area (TPSA) is 37.3 Å². The van der Waals surface area contributed by atoms with E-state index in [0.717, 1.165) is 39.7 Å². The highest BCUT2D eigenvalue weighted by atomic mass is 35.5. The summed E-state index contributed by atoms with van der Waals surface area (Å²) in [4.78, 5) is 4.64. The number of aromatic nitrogens is 1. The molecule has 126 valence electrons. The summed E-state index contributed by atoms with van der Waals surface area (Å²) in [6, 6.07) is 7.77. The molecule has 3 atom stereocenters. The molecule has 0 amide bonds. The van der Waals surface area contributed by atoms with Gasteiger partial charge in [0.25, 0.3) is 0 Å². The van der Waals surface area contributed by atoms with Crippen molar-refractivity contribution < 1.29 is 0 Å². The SMILES string of the molecule is C[C@H]1[C@@H]2C/C(=N\Nc3nc(-c4ccc(Cl)cc4)cs3)[C@@H](C2)C1(C)C. The minimum Gasteiger partial charge on any atom is -0.253 e. The highest BCUT2D eigenvalue weighted by molar-refractivity contribution is 7.14. The highest BCUT2D eigenvalue weighted by Crippen LogP contribution is 2.57. The molecule has 2 aliphatic carbocycles. The molecule has 4 rings (SSSR count). The standard InChI is InChI=1S/C19H22ClN3S/c1-11-13-8-15(19(11,2)3)16(9-13)22-23-18-21-17(10-24-18)12-4-6-14(20)7-5-12/h4-7,10-11,13,15H,8-9H2,1-3H3,(H,21,23)/b22-16+/t11-,13-,15+/m0/s1. The first-order valence-corrected chi connectivity index (χ1v) is 9.75. The van der Waals surface area contributed by atoms with E-state index in [4.69, 9.17) is 16.7 Å². The molecule has 0 saturated heterocycles. The molecule has 2 saturated carbocycles. The van der Waals surface area contributed by atoms with E-state index in [1.165, 1.54) is 12.1 Å². The Morgan fingerprint density at radius 1 is 1.29 bits per heavy atom. The molecule has 2 fully saturated rings. The quantitative estimate of drug-likeness (QED) is 0.689. The van der Waals surface area contributed by atoms with Crippen LogP contribution in [0.5, 0.6) is 0 Å². The molecule has 2 bridgehead atoms. The third-order valence-electron chi connectivity index (χ3n) is 6.13. The average Bonchev–Trinajstić information content (AvgIpc) is 3.24. The molecular weight excluding hydrogens is 338 g/mol. The number of anilines is 1. The summed E-state index contributed by atoms with van der Waals surface area (Å²) in [5.41, 5.74) is 6.92. The molecule has 1 aromatic carbocycles. The molecule has 3 nitrogen and oxygen atoms in total. The van der Waals surface area contributed by atoms with Gasteiger partial charge in [0, 0.05) is 27.6 Å². The predicted octanol–water partition coefficient (Wildman–Crippen LogP) is 5.93. The monoisotopic (exact) mass is 359 g/mol. The molecule has 1 heterocycles. The zero-order chi connectivity index (χ0) is 16.9. The zero-order valence-electron chi connectivity index (χ0n) is 14.2. The Hall–Kier alpha value is -1.39. The van der Waals surface area contributed by atoms with Gasteiger partial charge in [-0.05, 0) is 42.2 Å². The predicted molar refractivity (Wildman–Crippen MR) is 103 cm³/mol. The molecule has 0 spiro atoms. The largest absolute Gasteiger partial charge is 0.253 e. The van der Waals surface area contributed by atoms with Crippen LogP contribution in [0.2, 0.25) is 5.02 Å². The van der Waals surface area contributed by atoms with E-state index in [-0.39, 0.29) is 0 Å². The smallest absolute Gasteiger partial charge is 0.203 e. The van der Waals surface area contributed by atoms with Gasteiger partial charge in [-0.15, -0.1) is 11.3 Å². The molecule has 1 aromatic heterocycles. The van der Waals surface area contributed by atoms with Gasteiger partial charge in [0.05, 0.1) is 5.69 Å². The number of benzene rings is 1. The van der Waals surface area contributed by atoms with Gasteiger partial charge < -0.3 is 0 Å². The number of hydrogen-bond donors (Lipinski definition) is 1. The maximum absolute atomic E-state index is 5.94. The molecule has 2 aromatic rings. The number of nitrogens with one attached hydrogen (secondary N) is 1. The van der Waals surface area contributed by atoms with Gasteiger partial charge in [-0.25, -0.2) is 4.98 Å². The molecule has 2 aliphatic rings. The van der Waals surface area contributed by atoms with Crippen molar-refractivity contribution in [2.24, 2.45) is 28.3 Å². The van der Waals surface area contributed by atoms with Crippen LogP contribution in [0, 0.1) is 23.2 Å². The summed E-state index contributed by atoms with van der Waals surface area (Å²) in [6.45, 7) is 7.17.